The zero-order chi connectivity index (χ0) is 19.8. The second-order valence-electron chi connectivity index (χ2n) is 5.18. The van der Waals surface area contributed by atoms with Gasteiger partial charge in [0.05, 0.1) is 11.8 Å². The first kappa shape index (κ1) is 19.9. The maximum absolute atomic E-state index is 13.4. The number of anilines is 1. The third-order valence-corrected chi connectivity index (χ3v) is 3.64. The van der Waals surface area contributed by atoms with E-state index in [2.05, 4.69) is 4.74 Å². The summed E-state index contributed by atoms with van der Waals surface area (Å²) >= 11 is 0. The number of halogens is 6. The molecule has 0 saturated heterocycles. The quantitative estimate of drug-likeness (QED) is 0.762. The van der Waals surface area contributed by atoms with Crippen molar-refractivity contribution < 1.29 is 39.5 Å². The van der Waals surface area contributed by atoms with E-state index in [1.807, 2.05) is 4.72 Å². The predicted molar refractivity (Wildman–Crippen MR) is 82.0 cm³/mol. The molecule has 0 atom stereocenters. The summed E-state index contributed by atoms with van der Waals surface area (Å²) in [6.45, 7) is 0. The number of hydrogen-bond donors (Lipinski definition) is 1. The Morgan fingerprint density at radius 3 is 2.08 bits per heavy atom. The van der Waals surface area contributed by atoms with Gasteiger partial charge in [0.15, 0.2) is 0 Å². The van der Waals surface area contributed by atoms with Crippen LogP contribution < -0.4 is 9.46 Å². The van der Waals surface area contributed by atoms with E-state index < -0.39 is 45.0 Å². The van der Waals surface area contributed by atoms with Crippen LogP contribution in [0.25, 0.3) is 11.1 Å². The number of ether oxygens (including phenoxy) is 1. The first-order valence-corrected chi connectivity index (χ1v) is 8.69. The Kier molecular flexibility index (Phi) is 5.13. The van der Waals surface area contributed by atoms with E-state index in [1.165, 1.54) is 12.1 Å². The Labute approximate surface area is 144 Å². The second-order valence-corrected chi connectivity index (χ2v) is 6.92. The highest BCUT2D eigenvalue weighted by Crippen LogP contribution is 2.42. The van der Waals surface area contributed by atoms with Gasteiger partial charge in [-0.3, -0.25) is 4.72 Å². The van der Waals surface area contributed by atoms with Crippen molar-refractivity contribution in [3.63, 3.8) is 0 Å². The van der Waals surface area contributed by atoms with E-state index in [1.54, 1.807) is 0 Å². The fourth-order valence-corrected chi connectivity index (χ4v) is 2.75. The molecule has 0 radical (unpaired) electrons. The highest BCUT2D eigenvalue weighted by molar-refractivity contribution is 7.92. The Balaban J connectivity index is 2.64. The van der Waals surface area contributed by atoms with Crippen LogP contribution in [0.1, 0.15) is 5.56 Å². The average molecular weight is 399 g/mol. The van der Waals surface area contributed by atoms with Gasteiger partial charge >= 0.3 is 12.5 Å². The summed E-state index contributed by atoms with van der Waals surface area (Å²) in [6.07, 6.45) is -9.29. The average Bonchev–Trinajstić information content (AvgIpc) is 2.44. The van der Waals surface area contributed by atoms with Crippen LogP contribution in [-0.2, 0) is 16.2 Å². The van der Waals surface area contributed by atoms with Crippen LogP contribution in [0.5, 0.6) is 5.75 Å². The summed E-state index contributed by atoms with van der Waals surface area (Å²) in [4.78, 5) is 0. The smallest absolute Gasteiger partial charge is 0.405 e. The summed E-state index contributed by atoms with van der Waals surface area (Å²) in [5, 5.41) is 0. The molecular formula is C15H11F6NO3S. The number of alkyl halides is 6. The molecule has 4 nitrogen and oxygen atoms in total. The van der Waals surface area contributed by atoms with Gasteiger partial charge in [0.1, 0.15) is 5.75 Å². The van der Waals surface area contributed by atoms with Gasteiger partial charge in [-0.05, 0) is 23.8 Å². The van der Waals surface area contributed by atoms with Crippen molar-refractivity contribution in [1.82, 2.24) is 0 Å². The highest BCUT2D eigenvalue weighted by atomic mass is 32.2. The molecular weight excluding hydrogens is 388 g/mol. The maximum atomic E-state index is 13.4. The predicted octanol–water partition coefficient (Wildman–Crippen LogP) is 4.64. The molecule has 0 unspecified atom stereocenters. The van der Waals surface area contributed by atoms with Gasteiger partial charge < -0.3 is 4.74 Å². The lowest BCUT2D eigenvalue weighted by molar-refractivity contribution is -0.274. The maximum Gasteiger partial charge on any atom is 0.573 e. The summed E-state index contributed by atoms with van der Waals surface area (Å²) < 4.78 is 106. The summed E-state index contributed by atoms with van der Waals surface area (Å²) in [5.41, 5.74) is -2.72. The minimum atomic E-state index is -5.09. The van der Waals surface area contributed by atoms with Crippen LogP contribution in [0, 0.1) is 0 Å². The normalized spacial score (nSPS) is 12.7. The van der Waals surface area contributed by atoms with Crippen molar-refractivity contribution in [2.75, 3.05) is 11.0 Å². The van der Waals surface area contributed by atoms with E-state index in [-0.39, 0.29) is 5.69 Å². The number of nitrogens with one attached hydrogen (secondary N) is 1. The Morgan fingerprint density at radius 1 is 0.923 bits per heavy atom. The van der Waals surface area contributed by atoms with Gasteiger partial charge in [-0.25, -0.2) is 8.42 Å². The van der Waals surface area contributed by atoms with Crippen molar-refractivity contribution >= 4 is 15.7 Å². The largest absolute Gasteiger partial charge is 0.573 e. The molecule has 0 aromatic heterocycles. The number of hydrogen-bond acceptors (Lipinski definition) is 3. The lowest BCUT2D eigenvalue weighted by atomic mass is 9.98. The third kappa shape index (κ3) is 5.28. The molecule has 0 bridgehead atoms. The molecule has 0 aliphatic carbocycles. The highest BCUT2D eigenvalue weighted by Gasteiger charge is 2.36. The van der Waals surface area contributed by atoms with Crippen molar-refractivity contribution in [2.24, 2.45) is 0 Å². The molecule has 2 aromatic carbocycles. The van der Waals surface area contributed by atoms with E-state index in [4.69, 9.17) is 0 Å². The lowest BCUT2D eigenvalue weighted by Gasteiger charge is -2.18. The van der Waals surface area contributed by atoms with Crippen LogP contribution >= 0.6 is 0 Å². The molecule has 0 saturated carbocycles. The van der Waals surface area contributed by atoms with Gasteiger partial charge in [-0.1, -0.05) is 24.3 Å². The molecule has 2 aromatic rings. The van der Waals surface area contributed by atoms with Gasteiger partial charge in [0.25, 0.3) is 0 Å². The van der Waals surface area contributed by atoms with Crippen LogP contribution in [0.15, 0.2) is 42.5 Å². The van der Waals surface area contributed by atoms with E-state index in [9.17, 15) is 34.8 Å². The molecule has 0 amide bonds. The Morgan fingerprint density at radius 2 is 1.54 bits per heavy atom. The molecule has 1 N–H and O–H groups in total. The number of benzene rings is 2. The first-order chi connectivity index (χ1) is 11.8. The van der Waals surface area contributed by atoms with Crippen LogP contribution in [-0.4, -0.2) is 21.0 Å². The Bertz CT molecular complexity index is 906. The van der Waals surface area contributed by atoms with Crippen molar-refractivity contribution in [1.29, 1.82) is 0 Å². The first-order valence-electron chi connectivity index (χ1n) is 6.80. The fraction of sp³-hybridized carbons (Fsp3) is 0.200. The molecule has 142 valence electrons. The van der Waals surface area contributed by atoms with E-state index in [0.29, 0.717) is 6.07 Å². The molecule has 0 spiro atoms. The van der Waals surface area contributed by atoms with Crippen LogP contribution in [0.4, 0.5) is 32.0 Å². The van der Waals surface area contributed by atoms with Crippen molar-refractivity contribution in [3.8, 4) is 16.9 Å². The van der Waals surface area contributed by atoms with Crippen molar-refractivity contribution in [2.45, 2.75) is 12.5 Å². The van der Waals surface area contributed by atoms with Crippen LogP contribution in [0.2, 0.25) is 0 Å². The van der Waals surface area contributed by atoms with Crippen molar-refractivity contribution in [3.05, 3.63) is 48.0 Å². The van der Waals surface area contributed by atoms with E-state index >= 15 is 0 Å². The van der Waals surface area contributed by atoms with Gasteiger partial charge in [0.2, 0.25) is 10.0 Å². The molecule has 11 heteroatoms. The Hall–Kier alpha value is -2.43. The SMILES string of the molecule is CS(=O)(=O)Nc1ccc(-c2ccccc2OC(F)(F)F)c(C(F)(F)F)c1. The minimum absolute atomic E-state index is 0.377. The number of rotatable bonds is 4. The standard InChI is InChI=1S/C15H11F6NO3S/c1-26(23,24)22-9-6-7-10(12(8-9)14(16,17)18)11-4-2-3-5-13(11)25-15(19,20)21/h2-8,22H,1H3. The second kappa shape index (κ2) is 6.71. The summed E-state index contributed by atoms with van der Waals surface area (Å²) in [7, 11) is -3.84. The number of para-hydroxylation sites is 1. The molecule has 0 fully saturated rings. The summed E-state index contributed by atoms with van der Waals surface area (Å²) in [6, 6.07) is 6.73. The van der Waals surface area contributed by atoms with Gasteiger partial charge in [-0.2, -0.15) is 13.2 Å². The fourth-order valence-electron chi connectivity index (χ4n) is 2.19. The monoisotopic (exact) mass is 399 g/mol. The lowest BCUT2D eigenvalue weighted by Crippen LogP contribution is -2.18. The number of sulfonamides is 1. The molecule has 26 heavy (non-hydrogen) atoms. The van der Waals surface area contributed by atoms with E-state index in [0.717, 1.165) is 30.5 Å². The zero-order valence-corrected chi connectivity index (χ0v) is 13.8. The van der Waals surface area contributed by atoms with Gasteiger partial charge in [0, 0.05) is 11.3 Å². The molecule has 2 rings (SSSR count). The summed E-state index contributed by atoms with van der Waals surface area (Å²) in [5.74, 6) is -0.811. The minimum Gasteiger partial charge on any atom is -0.405 e. The molecule has 0 heterocycles. The van der Waals surface area contributed by atoms with Crippen LogP contribution in [0.3, 0.4) is 0 Å². The molecule has 0 aliphatic rings. The third-order valence-electron chi connectivity index (χ3n) is 3.03. The topological polar surface area (TPSA) is 55.4 Å². The van der Waals surface area contributed by atoms with Gasteiger partial charge in [-0.15, -0.1) is 13.2 Å². The zero-order valence-electron chi connectivity index (χ0n) is 12.9. The molecule has 0 aliphatic heterocycles.